The van der Waals surface area contributed by atoms with Crippen molar-refractivity contribution in [2.45, 2.75) is 18.2 Å². The molecule has 1 aromatic rings. The monoisotopic (exact) mass is 297 g/mol. The van der Waals surface area contributed by atoms with Crippen LogP contribution in [0.15, 0.2) is 34.3 Å². The molecule has 1 aromatic carbocycles. The van der Waals surface area contributed by atoms with Gasteiger partial charge in [-0.05, 0) is 18.2 Å². The normalized spacial score (nSPS) is 15.2. The average molecular weight is 297 g/mol. The molecule has 2 amide bonds. The van der Waals surface area contributed by atoms with Crippen LogP contribution in [0.4, 0.5) is 5.69 Å². The summed E-state index contributed by atoms with van der Waals surface area (Å²) >= 11 is 0. The summed E-state index contributed by atoms with van der Waals surface area (Å²) in [6.45, 7) is 1.29. The number of carbonyl (C=O) groups excluding carboxylic acids is 2. The highest BCUT2D eigenvalue weighted by atomic mass is 32.2. The summed E-state index contributed by atoms with van der Waals surface area (Å²) in [7, 11) is -4.36. The maximum absolute atomic E-state index is 11.8. The van der Waals surface area contributed by atoms with Crippen LogP contribution >= 0.6 is 0 Å². The van der Waals surface area contributed by atoms with Crippen LogP contribution in [0.3, 0.4) is 0 Å². The molecule has 0 saturated heterocycles. The zero-order valence-electron chi connectivity index (χ0n) is 10.4. The lowest BCUT2D eigenvalue weighted by Gasteiger charge is -2.11. The molecule has 2 N–H and O–H groups in total. The fraction of sp³-hybridized carbons (Fsp3) is 0.182. The molecular weight excluding hydrogens is 286 g/mol. The SMILES string of the molecule is CC(=O)NC1=NN(c2cccc(S(=O)(=O)O)c2)C(=O)C1. The van der Waals surface area contributed by atoms with E-state index in [0.29, 0.717) is 0 Å². The highest BCUT2D eigenvalue weighted by molar-refractivity contribution is 7.85. The summed E-state index contributed by atoms with van der Waals surface area (Å²) in [5.41, 5.74) is 0.186. The number of nitrogens with zero attached hydrogens (tertiary/aromatic N) is 2. The third-order valence-electron chi connectivity index (χ3n) is 2.46. The minimum atomic E-state index is -4.36. The van der Waals surface area contributed by atoms with Crippen molar-refractivity contribution in [2.24, 2.45) is 5.10 Å². The Bertz CT molecular complexity index is 711. The molecule has 9 heteroatoms. The Balaban J connectivity index is 2.35. The molecule has 0 bridgehead atoms. The summed E-state index contributed by atoms with van der Waals surface area (Å²) in [6, 6.07) is 5.15. The number of hydrogen-bond donors (Lipinski definition) is 2. The number of rotatable bonds is 2. The quantitative estimate of drug-likeness (QED) is 0.752. The lowest BCUT2D eigenvalue weighted by molar-refractivity contribution is -0.117. The van der Waals surface area contributed by atoms with E-state index in [0.717, 1.165) is 11.1 Å². The van der Waals surface area contributed by atoms with Gasteiger partial charge < -0.3 is 5.32 Å². The highest BCUT2D eigenvalue weighted by Crippen LogP contribution is 2.23. The second-order valence-electron chi connectivity index (χ2n) is 4.08. The van der Waals surface area contributed by atoms with Crippen LogP contribution in [0.25, 0.3) is 0 Å². The first kappa shape index (κ1) is 14.2. The van der Waals surface area contributed by atoms with E-state index in [4.69, 9.17) is 4.55 Å². The van der Waals surface area contributed by atoms with Crippen LogP contribution in [0.2, 0.25) is 0 Å². The highest BCUT2D eigenvalue weighted by Gasteiger charge is 2.26. The summed E-state index contributed by atoms with van der Waals surface area (Å²) in [6.07, 6.45) is -0.0876. The third-order valence-corrected chi connectivity index (χ3v) is 3.31. The number of hydrogen-bond acceptors (Lipinski definition) is 5. The molecule has 8 nitrogen and oxygen atoms in total. The summed E-state index contributed by atoms with van der Waals surface area (Å²) in [4.78, 5) is 22.3. The fourth-order valence-electron chi connectivity index (χ4n) is 1.68. The number of carbonyl (C=O) groups is 2. The van der Waals surface area contributed by atoms with Crippen LogP contribution in [0, 0.1) is 0 Å². The van der Waals surface area contributed by atoms with Gasteiger partial charge in [0.1, 0.15) is 5.84 Å². The lowest BCUT2D eigenvalue weighted by Crippen LogP contribution is -2.27. The van der Waals surface area contributed by atoms with Gasteiger partial charge in [-0.2, -0.15) is 18.5 Å². The van der Waals surface area contributed by atoms with Crippen LogP contribution in [-0.2, 0) is 19.7 Å². The minimum Gasteiger partial charge on any atom is -0.313 e. The van der Waals surface area contributed by atoms with Crippen LogP contribution in [0.5, 0.6) is 0 Å². The van der Waals surface area contributed by atoms with E-state index in [9.17, 15) is 18.0 Å². The summed E-state index contributed by atoms with van der Waals surface area (Å²) in [5, 5.41) is 7.26. The van der Waals surface area contributed by atoms with Crippen molar-refractivity contribution in [1.29, 1.82) is 0 Å². The van der Waals surface area contributed by atoms with Gasteiger partial charge in [-0.25, -0.2) is 0 Å². The topological polar surface area (TPSA) is 116 Å². The largest absolute Gasteiger partial charge is 0.313 e. The van der Waals surface area contributed by atoms with Gasteiger partial charge in [0, 0.05) is 6.92 Å². The molecule has 2 rings (SSSR count). The molecule has 1 aliphatic heterocycles. The van der Waals surface area contributed by atoms with Gasteiger partial charge in [0.05, 0.1) is 17.0 Å². The van der Waals surface area contributed by atoms with Crippen molar-refractivity contribution >= 4 is 33.5 Å². The molecule has 0 radical (unpaired) electrons. The van der Waals surface area contributed by atoms with E-state index >= 15 is 0 Å². The van der Waals surface area contributed by atoms with Crippen molar-refractivity contribution in [3.63, 3.8) is 0 Å². The van der Waals surface area contributed by atoms with Gasteiger partial charge in [0.15, 0.2) is 0 Å². The maximum atomic E-state index is 11.8. The van der Waals surface area contributed by atoms with Crippen LogP contribution in [0.1, 0.15) is 13.3 Å². The van der Waals surface area contributed by atoms with Gasteiger partial charge in [-0.3, -0.25) is 14.1 Å². The number of anilines is 1. The number of amides is 2. The van der Waals surface area contributed by atoms with E-state index in [1.54, 1.807) is 0 Å². The van der Waals surface area contributed by atoms with E-state index in [-0.39, 0.29) is 28.7 Å². The zero-order valence-corrected chi connectivity index (χ0v) is 11.2. The predicted octanol–water partition coefficient (Wildman–Crippen LogP) is 0.120. The Morgan fingerprint density at radius 2 is 2.15 bits per heavy atom. The molecule has 1 aliphatic rings. The zero-order chi connectivity index (χ0) is 14.9. The molecule has 0 aliphatic carbocycles. The van der Waals surface area contributed by atoms with Gasteiger partial charge in [-0.15, -0.1) is 0 Å². The first-order valence-corrected chi connectivity index (χ1v) is 6.97. The first-order valence-electron chi connectivity index (χ1n) is 5.53. The van der Waals surface area contributed by atoms with Crippen molar-refractivity contribution < 1.29 is 22.6 Å². The van der Waals surface area contributed by atoms with Crippen LogP contribution in [-0.4, -0.2) is 30.6 Å². The van der Waals surface area contributed by atoms with Gasteiger partial charge in [0.2, 0.25) is 5.91 Å². The molecular formula is C11H11N3O5S. The second kappa shape index (κ2) is 5.02. The molecule has 1 heterocycles. The van der Waals surface area contributed by atoms with Gasteiger partial charge >= 0.3 is 0 Å². The lowest BCUT2D eigenvalue weighted by atomic mass is 10.3. The molecule has 106 valence electrons. The number of hydrazone groups is 1. The van der Waals surface area contributed by atoms with Crippen molar-refractivity contribution in [3.05, 3.63) is 24.3 Å². The molecule has 0 aromatic heterocycles. The fourth-order valence-corrected chi connectivity index (χ4v) is 2.20. The molecule has 0 unspecified atom stereocenters. The molecule has 20 heavy (non-hydrogen) atoms. The Kier molecular flexibility index (Phi) is 3.55. The van der Waals surface area contributed by atoms with E-state index in [1.807, 2.05) is 0 Å². The minimum absolute atomic E-state index is 0.0876. The number of benzene rings is 1. The third kappa shape index (κ3) is 3.00. The average Bonchev–Trinajstić information content (AvgIpc) is 2.68. The molecule has 0 saturated carbocycles. The summed E-state index contributed by atoms with van der Waals surface area (Å²) in [5.74, 6) is -0.592. The maximum Gasteiger partial charge on any atom is 0.294 e. The van der Waals surface area contributed by atoms with Crippen molar-refractivity contribution in [2.75, 3.05) is 5.01 Å². The molecule has 0 atom stereocenters. The van der Waals surface area contributed by atoms with Gasteiger partial charge in [0.25, 0.3) is 16.0 Å². The number of amidine groups is 1. The Hall–Kier alpha value is -2.26. The Morgan fingerprint density at radius 3 is 2.75 bits per heavy atom. The second-order valence-corrected chi connectivity index (χ2v) is 5.50. The van der Waals surface area contributed by atoms with E-state index < -0.39 is 16.0 Å². The molecule has 0 spiro atoms. The smallest absolute Gasteiger partial charge is 0.294 e. The first-order chi connectivity index (χ1) is 9.27. The van der Waals surface area contributed by atoms with Gasteiger partial charge in [-0.1, -0.05) is 6.07 Å². The Morgan fingerprint density at radius 1 is 1.45 bits per heavy atom. The van der Waals surface area contributed by atoms with E-state index in [1.165, 1.54) is 25.1 Å². The van der Waals surface area contributed by atoms with Crippen molar-refractivity contribution in [1.82, 2.24) is 5.32 Å². The van der Waals surface area contributed by atoms with E-state index in [2.05, 4.69) is 10.4 Å². The van der Waals surface area contributed by atoms with Crippen LogP contribution < -0.4 is 10.3 Å². The predicted molar refractivity (Wildman–Crippen MR) is 69.6 cm³/mol. The number of nitrogens with one attached hydrogen (secondary N) is 1. The Labute approximate surface area is 114 Å². The van der Waals surface area contributed by atoms with Crippen molar-refractivity contribution in [3.8, 4) is 0 Å². The molecule has 0 fully saturated rings. The summed E-state index contributed by atoms with van der Waals surface area (Å²) < 4.78 is 31.1. The standard InChI is InChI=1S/C11H11N3O5S/c1-7(15)12-10-6-11(16)14(13-10)8-3-2-4-9(5-8)20(17,18)19/h2-5H,6H2,1H3,(H,12,13,15)(H,17,18,19).